The van der Waals surface area contributed by atoms with Crippen LogP contribution in [0.2, 0.25) is 0 Å². The van der Waals surface area contributed by atoms with Crippen LogP contribution in [0, 0.1) is 5.92 Å². The Morgan fingerprint density at radius 1 is 1.18 bits per heavy atom. The molecule has 5 rings (SSSR count). The first-order valence-corrected chi connectivity index (χ1v) is 10.0. The maximum Gasteiger partial charge on any atom is 0.252 e. The van der Waals surface area contributed by atoms with Gasteiger partial charge in [0.05, 0.1) is 23.4 Å². The van der Waals surface area contributed by atoms with Crippen LogP contribution < -0.4 is 5.32 Å². The molecule has 0 saturated carbocycles. The number of amides is 1. The second-order valence-corrected chi connectivity index (χ2v) is 7.93. The van der Waals surface area contributed by atoms with Gasteiger partial charge in [0.25, 0.3) is 5.91 Å². The molecule has 2 aromatic carbocycles. The molecule has 28 heavy (non-hydrogen) atoms. The van der Waals surface area contributed by atoms with Crippen LogP contribution in [-0.4, -0.2) is 20.9 Å². The molecule has 1 aliphatic heterocycles. The molecule has 0 aliphatic carbocycles. The van der Waals surface area contributed by atoms with Crippen LogP contribution in [0.4, 0.5) is 0 Å². The van der Waals surface area contributed by atoms with Gasteiger partial charge in [-0.05, 0) is 36.1 Å². The van der Waals surface area contributed by atoms with E-state index in [2.05, 4.69) is 64.4 Å². The molecule has 0 saturated heterocycles. The van der Waals surface area contributed by atoms with Crippen LogP contribution in [0.3, 0.4) is 0 Å². The summed E-state index contributed by atoms with van der Waals surface area (Å²) in [4.78, 5) is 23.9. The standard InChI is InChI=1S/C23H24N4O/c1-3-6-13(2)9-20-21(14-7-4-5-8-17(14)26-20)22-15-10-18-19(25-12-24-18)11-16(15)23(28)27-22/h4-5,7-8,10-13,22,26H,3,6,9H2,1-2H3,(H,24,25)(H,27,28). The summed E-state index contributed by atoms with van der Waals surface area (Å²) in [6, 6.07) is 12.2. The Labute approximate surface area is 163 Å². The van der Waals surface area contributed by atoms with E-state index in [1.54, 1.807) is 6.33 Å². The second kappa shape index (κ2) is 6.51. The van der Waals surface area contributed by atoms with E-state index >= 15 is 0 Å². The molecular weight excluding hydrogens is 348 g/mol. The first-order chi connectivity index (χ1) is 13.7. The number of rotatable bonds is 5. The molecule has 5 nitrogen and oxygen atoms in total. The first kappa shape index (κ1) is 17.0. The van der Waals surface area contributed by atoms with Gasteiger partial charge in [0, 0.05) is 27.7 Å². The van der Waals surface area contributed by atoms with Crippen LogP contribution >= 0.6 is 0 Å². The fourth-order valence-corrected chi connectivity index (χ4v) is 4.60. The molecule has 1 amide bonds. The number of hydrogen-bond acceptors (Lipinski definition) is 2. The summed E-state index contributed by atoms with van der Waals surface area (Å²) < 4.78 is 0. The highest BCUT2D eigenvalue weighted by Crippen LogP contribution is 2.39. The second-order valence-electron chi connectivity index (χ2n) is 7.93. The zero-order valence-corrected chi connectivity index (χ0v) is 16.2. The van der Waals surface area contributed by atoms with Crippen LogP contribution in [0.1, 0.15) is 59.9 Å². The monoisotopic (exact) mass is 372 g/mol. The van der Waals surface area contributed by atoms with Gasteiger partial charge in [-0.2, -0.15) is 0 Å². The lowest BCUT2D eigenvalue weighted by Gasteiger charge is -2.16. The van der Waals surface area contributed by atoms with Gasteiger partial charge in [0.15, 0.2) is 0 Å². The molecule has 5 heteroatoms. The van der Waals surface area contributed by atoms with Crippen molar-refractivity contribution in [1.82, 2.24) is 20.3 Å². The summed E-state index contributed by atoms with van der Waals surface area (Å²) in [5.41, 5.74) is 7.08. The molecule has 0 fully saturated rings. The Hall–Kier alpha value is -3.08. The molecule has 142 valence electrons. The van der Waals surface area contributed by atoms with Gasteiger partial charge in [0.2, 0.25) is 0 Å². The summed E-state index contributed by atoms with van der Waals surface area (Å²) in [5.74, 6) is 0.561. The minimum absolute atomic E-state index is 0.0252. The quantitative estimate of drug-likeness (QED) is 0.468. The smallest absolute Gasteiger partial charge is 0.252 e. The van der Waals surface area contributed by atoms with Crippen molar-refractivity contribution in [3.63, 3.8) is 0 Å². The Morgan fingerprint density at radius 3 is 2.89 bits per heavy atom. The number of nitrogens with one attached hydrogen (secondary N) is 3. The van der Waals surface area contributed by atoms with Gasteiger partial charge in [-0.15, -0.1) is 0 Å². The van der Waals surface area contributed by atoms with Gasteiger partial charge in [-0.3, -0.25) is 4.79 Å². The number of hydrogen-bond donors (Lipinski definition) is 3. The zero-order chi connectivity index (χ0) is 19.3. The Balaban J connectivity index is 1.68. The van der Waals surface area contributed by atoms with Crippen molar-refractivity contribution < 1.29 is 4.79 Å². The van der Waals surface area contributed by atoms with Crippen LogP contribution in [0.5, 0.6) is 0 Å². The SMILES string of the molecule is CCCC(C)Cc1[nH]c2ccccc2c1C1NC(=O)c2cc3nc[nH]c3cc21. The Bertz CT molecular complexity index is 1190. The molecule has 0 bridgehead atoms. The zero-order valence-electron chi connectivity index (χ0n) is 16.2. The van der Waals surface area contributed by atoms with Gasteiger partial charge in [-0.1, -0.05) is 44.9 Å². The molecule has 0 radical (unpaired) electrons. The highest BCUT2D eigenvalue weighted by molar-refractivity contribution is 6.03. The molecular formula is C23H24N4O. The van der Waals surface area contributed by atoms with Gasteiger partial charge >= 0.3 is 0 Å². The van der Waals surface area contributed by atoms with Gasteiger partial charge < -0.3 is 15.3 Å². The number of benzene rings is 2. The van der Waals surface area contributed by atoms with Crippen LogP contribution in [-0.2, 0) is 6.42 Å². The summed E-state index contributed by atoms with van der Waals surface area (Å²) in [6.45, 7) is 4.53. The molecule has 2 unspecified atom stereocenters. The van der Waals surface area contributed by atoms with E-state index in [-0.39, 0.29) is 11.9 Å². The molecule has 1 aliphatic rings. The number of H-pyrrole nitrogens is 2. The van der Waals surface area contributed by atoms with E-state index in [0.29, 0.717) is 5.92 Å². The summed E-state index contributed by atoms with van der Waals surface area (Å²) in [7, 11) is 0. The van der Waals surface area contributed by atoms with E-state index < -0.39 is 0 Å². The minimum atomic E-state index is -0.143. The lowest BCUT2D eigenvalue weighted by atomic mass is 9.91. The number of imidazole rings is 1. The number of aromatic nitrogens is 3. The van der Waals surface area contributed by atoms with Crippen molar-refractivity contribution in [1.29, 1.82) is 0 Å². The van der Waals surface area contributed by atoms with Crippen molar-refractivity contribution >= 4 is 27.8 Å². The topological polar surface area (TPSA) is 73.6 Å². The molecule has 4 aromatic rings. The van der Waals surface area contributed by atoms with Crippen molar-refractivity contribution in [3.05, 3.63) is 65.1 Å². The summed E-state index contributed by atoms with van der Waals surface area (Å²) >= 11 is 0. The fraction of sp³-hybridized carbons (Fsp3) is 0.304. The third kappa shape index (κ3) is 2.61. The normalized spacial score (nSPS) is 17.2. The largest absolute Gasteiger partial charge is 0.358 e. The Kier molecular flexibility index (Phi) is 3.97. The lowest BCUT2D eigenvalue weighted by molar-refractivity contribution is 0.0960. The predicted molar refractivity (Wildman–Crippen MR) is 111 cm³/mol. The van der Waals surface area contributed by atoms with E-state index in [9.17, 15) is 4.79 Å². The number of para-hydroxylation sites is 1. The van der Waals surface area contributed by atoms with Crippen molar-refractivity contribution in [2.45, 2.75) is 39.2 Å². The van der Waals surface area contributed by atoms with Crippen LogP contribution in [0.25, 0.3) is 21.9 Å². The fourth-order valence-electron chi connectivity index (χ4n) is 4.60. The maximum absolute atomic E-state index is 12.7. The molecule has 2 aromatic heterocycles. The number of nitrogens with zero attached hydrogens (tertiary/aromatic N) is 1. The third-order valence-electron chi connectivity index (χ3n) is 5.87. The Morgan fingerprint density at radius 2 is 2.04 bits per heavy atom. The van der Waals surface area contributed by atoms with Crippen LogP contribution in [0.15, 0.2) is 42.7 Å². The number of fused-ring (bicyclic) bond motifs is 3. The highest BCUT2D eigenvalue weighted by atomic mass is 16.2. The van der Waals surface area contributed by atoms with E-state index in [4.69, 9.17) is 0 Å². The summed E-state index contributed by atoms with van der Waals surface area (Å²) in [6.07, 6.45) is 5.02. The molecule has 0 spiro atoms. The minimum Gasteiger partial charge on any atom is -0.358 e. The predicted octanol–water partition coefficient (Wildman–Crippen LogP) is 4.86. The van der Waals surface area contributed by atoms with Crippen molar-refractivity contribution in [2.75, 3.05) is 0 Å². The average Bonchev–Trinajstić information content (AvgIpc) is 3.36. The van der Waals surface area contributed by atoms with Crippen molar-refractivity contribution in [3.8, 4) is 0 Å². The first-order valence-electron chi connectivity index (χ1n) is 10.0. The van der Waals surface area contributed by atoms with Gasteiger partial charge in [-0.25, -0.2) is 4.98 Å². The van der Waals surface area contributed by atoms with E-state index in [1.165, 1.54) is 29.5 Å². The van der Waals surface area contributed by atoms with E-state index in [0.717, 1.165) is 34.1 Å². The van der Waals surface area contributed by atoms with E-state index in [1.807, 2.05) is 6.07 Å². The average molecular weight is 372 g/mol. The van der Waals surface area contributed by atoms with Crippen molar-refractivity contribution in [2.24, 2.45) is 5.92 Å². The number of carbonyl (C=O) groups excluding carboxylic acids is 1. The number of aromatic amines is 2. The van der Waals surface area contributed by atoms with Gasteiger partial charge in [0.1, 0.15) is 0 Å². The lowest BCUT2D eigenvalue weighted by Crippen LogP contribution is -2.21. The summed E-state index contributed by atoms with van der Waals surface area (Å²) in [5, 5.41) is 4.41. The molecule has 3 heterocycles. The maximum atomic E-state index is 12.7. The molecule has 2 atom stereocenters. The highest BCUT2D eigenvalue weighted by Gasteiger charge is 2.34. The number of carbonyl (C=O) groups is 1. The third-order valence-corrected chi connectivity index (χ3v) is 5.87. The molecule has 3 N–H and O–H groups in total.